The Bertz CT molecular complexity index is 364. The molecule has 1 fully saturated rings. The number of rotatable bonds is 4. The molecule has 1 aromatic carbocycles. The summed E-state index contributed by atoms with van der Waals surface area (Å²) in [5.41, 5.74) is 2.84. The van der Waals surface area contributed by atoms with Crippen molar-refractivity contribution in [3.63, 3.8) is 0 Å². The highest BCUT2D eigenvalue weighted by molar-refractivity contribution is 7.99. The summed E-state index contributed by atoms with van der Waals surface area (Å²) in [4.78, 5) is 0. The molecular formula is C15H23NS. The molecule has 0 radical (unpaired) electrons. The first-order chi connectivity index (χ1) is 8.20. The first-order valence-electron chi connectivity index (χ1n) is 6.55. The van der Waals surface area contributed by atoms with Crippen molar-refractivity contribution in [3.05, 3.63) is 35.4 Å². The van der Waals surface area contributed by atoms with Crippen LogP contribution >= 0.6 is 11.8 Å². The summed E-state index contributed by atoms with van der Waals surface area (Å²) in [7, 11) is 2.09. The van der Waals surface area contributed by atoms with Gasteiger partial charge < -0.3 is 5.32 Å². The summed E-state index contributed by atoms with van der Waals surface area (Å²) in [5, 5.41) is 4.26. The van der Waals surface area contributed by atoms with Crippen molar-refractivity contribution >= 4 is 11.8 Å². The fourth-order valence-corrected chi connectivity index (χ4v) is 4.16. The van der Waals surface area contributed by atoms with Crippen molar-refractivity contribution in [1.82, 2.24) is 5.32 Å². The van der Waals surface area contributed by atoms with Crippen molar-refractivity contribution in [3.8, 4) is 0 Å². The number of benzene rings is 1. The van der Waals surface area contributed by atoms with Gasteiger partial charge in [0.2, 0.25) is 0 Å². The number of hydrogen-bond acceptors (Lipinski definition) is 2. The van der Waals surface area contributed by atoms with E-state index in [1.165, 1.54) is 24.0 Å². The molecule has 94 valence electrons. The molecule has 2 rings (SSSR count). The van der Waals surface area contributed by atoms with Crippen LogP contribution in [0.1, 0.15) is 30.9 Å². The van der Waals surface area contributed by atoms with Crippen LogP contribution in [-0.2, 0) is 5.75 Å². The van der Waals surface area contributed by atoms with Crippen LogP contribution in [0.5, 0.6) is 0 Å². The number of nitrogens with one attached hydrogen (secondary N) is 1. The number of hydrogen-bond donors (Lipinski definition) is 1. The van der Waals surface area contributed by atoms with Crippen molar-refractivity contribution in [2.24, 2.45) is 5.92 Å². The predicted molar refractivity (Wildman–Crippen MR) is 77.5 cm³/mol. The van der Waals surface area contributed by atoms with Crippen LogP contribution in [0.2, 0.25) is 0 Å². The minimum absolute atomic E-state index is 0.727. The predicted octanol–water partition coefficient (Wildman–Crippen LogP) is 3.61. The molecule has 2 heteroatoms. The lowest BCUT2D eigenvalue weighted by Gasteiger charge is -2.20. The smallest absolute Gasteiger partial charge is 0.0187 e. The van der Waals surface area contributed by atoms with Crippen LogP contribution in [0.15, 0.2) is 24.3 Å². The third kappa shape index (κ3) is 3.26. The van der Waals surface area contributed by atoms with Gasteiger partial charge in [-0.1, -0.05) is 36.8 Å². The Balaban J connectivity index is 1.87. The Morgan fingerprint density at radius 1 is 1.35 bits per heavy atom. The van der Waals surface area contributed by atoms with Gasteiger partial charge in [0.05, 0.1) is 0 Å². The van der Waals surface area contributed by atoms with E-state index in [2.05, 4.69) is 62.2 Å². The largest absolute Gasteiger partial charge is 0.317 e. The maximum absolute atomic E-state index is 3.44. The number of aryl methyl sites for hydroxylation is 1. The first-order valence-corrected chi connectivity index (χ1v) is 7.60. The van der Waals surface area contributed by atoms with Crippen LogP contribution in [0.25, 0.3) is 0 Å². The quantitative estimate of drug-likeness (QED) is 0.875. The average molecular weight is 249 g/mol. The molecular weight excluding hydrogens is 226 g/mol. The Labute approximate surface area is 109 Å². The topological polar surface area (TPSA) is 12.0 Å². The Morgan fingerprint density at radius 3 is 2.82 bits per heavy atom. The SMILES string of the molecule is CNC1CCC(SCc2cccc(C)c2)C1C. The molecule has 17 heavy (non-hydrogen) atoms. The molecule has 0 amide bonds. The molecule has 0 saturated heterocycles. The van der Waals surface area contributed by atoms with Crippen LogP contribution in [0, 0.1) is 12.8 Å². The van der Waals surface area contributed by atoms with Crippen LogP contribution in [-0.4, -0.2) is 18.3 Å². The molecule has 1 nitrogen and oxygen atoms in total. The van der Waals surface area contributed by atoms with E-state index in [-0.39, 0.29) is 0 Å². The van der Waals surface area contributed by atoms with Gasteiger partial charge in [0.25, 0.3) is 0 Å². The lowest BCUT2D eigenvalue weighted by Crippen LogP contribution is -2.30. The van der Waals surface area contributed by atoms with E-state index < -0.39 is 0 Å². The highest BCUT2D eigenvalue weighted by Gasteiger charge is 2.31. The lowest BCUT2D eigenvalue weighted by atomic mass is 10.1. The lowest BCUT2D eigenvalue weighted by molar-refractivity contribution is 0.464. The molecule has 0 aliphatic heterocycles. The van der Waals surface area contributed by atoms with Crippen molar-refractivity contribution in [2.75, 3.05) is 7.05 Å². The molecule has 3 atom stereocenters. The third-order valence-electron chi connectivity index (χ3n) is 3.90. The molecule has 1 aliphatic carbocycles. The second kappa shape index (κ2) is 5.92. The van der Waals surface area contributed by atoms with Crippen LogP contribution in [0.4, 0.5) is 0 Å². The van der Waals surface area contributed by atoms with Gasteiger partial charge in [-0.05, 0) is 38.3 Å². The van der Waals surface area contributed by atoms with E-state index in [1.54, 1.807) is 0 Å². The molecule has 1 N–H and O–H groups in total. The Hall–Kier alpha value is -0.470. The normalized spacial score (nSPS) is 28.5. The monoisotopic (exact) mass is 249 g/mol. The maximum atomic E-state index is 3.44. The van der Waals surface area contributed by atoms with E-state index in [1.807, 2.05) is 0 Å². The maximum Gasteiger partial charge on any atom is 0.0187 e. The fourth-order valence-electron chi connectivity index (χ4n) is 2.78. The highest BCUT2D eigenvalue weighted by atomic mass is 32.2. The first kappa shape index (κ1) is 13.0. The summed E-state index contributed by atoms with van der Waals surface area (Å²) in [5.74, 6) is 1.96. The second-order valence-electron chi connectivity index (χ2n) is 5.17. The zero-order valence-electron chi connectivity index (χ0n) is 11.1. The van der Waals surface area contributed by atoms with Crippen molar-refractivity contribution < 1.29 is 0 Å². The minimum Gasteiger partial charge on any atom is -0.317 e. The van der Waals surface area contributed by atoms with Gasteiger partial charge >= 0.3 is 0 Å². The van der Waals surface area contributed by atoms with Crippen LogP contribution < -0.4 is 5.32 Å². The second-order valence-corrected chi connectivity index (χ2v) is 6.40. The summed E-state index contributed by atoms with van der Waals surface area (Å²) < 4.78 is 0. The molecule has 0 aromatic heterocycles. The van der Waals surface area contributed by atoms with Gasteiger partial charge in [-0.25, -0.2) is 0 Å². The molecule has 0 bridgehead atoms. The summed E-state index contributed by atoms with van der Waals surface area (Å²) in [6, 6.07) is 9.62. The van der Waals surface area contributed by atoms with Crippen molar-refractivity contribution in [1.29, 1.82) is 0 Å². The average Bonchev–Trinajstić information content (AvgIpc) is 2.67. The molecule has 0 spiro atoms. The molecule has 3 unspecified atom stereocenters. The van der Waals surface area contributed by atoms with E-state index in [0.717, 1.165) is 23.0 Å². The minimum atomic E-state index is 0.727. The van der Waals surface area contributed by atoms with Gasteiger partial charge in [-0.3, -0.25) is 0 Å². The van der Waals surface area contributed by atoms with E-state index >= 15 is 0 Å². The van der Waals surface area contributed by atoms with Gasteiger partial charge in [0.1, 0.15) is 0 Å². The van der Waals surface area contributed by atoms with Crippen molar-refractivity contribution in [2.45, 2.75) is 43.7 Å². The molecule has 0 heterocycles. The zero-order valence-corrected chi connectivity index (χ0v) is 11.9. The fraction of sp³-hybridized carbons (Fsp3) is 0.600. The van der Waals surface area contributed by atoms with Gasteiger partial charge in [-0.15, -0.1) is 0 Å². The summed E-state index contributed by atoms with van der Waals surface area (Å²) in [6.45, 7) is 4.56. The van der Waals surface area contributed by atoms with Gasteiger partial charge in [0, 0.05) is 17.0 Å². The Morgan fingerprint density at radius 2 is 2.18 bits per heavy atom. The van der Waals surface area contributed by atoms with E-state index in [0.29, 0.717) is 0 Å². The molecule has 1 aromatic rings. The van der Waals surface area contributed by atoms with Crippen LogP contribution in [0.3, 0.4) is 0 Å². The highest BCUT2D eigenvalue weighted by Crippen LogP contribution is 2.36. The van der Waals surface area contributed by atoms with Gasteiger partial charge in [0.15, 0.2) is 0 Å². The molecule has 1 saturated carbocycles. The van der Waals surface area contributed by atoms with E-state index in [4.69, 9.17) is 0 Å². The van der Waals surface area contributed by atoms with Gasteiger partial charge in [-0.2, -0.15) is 11.8 Å². The summed E-state index contributed by atoms with van der Waals surface area (Å²) >= 11 is 2.13. The van der Waals surface area contributed by atoms with E-state index in [9.17, 15) is 0 Å². The summed E-state index contributed by atoms with van der Waals surface area (Å²) in [6.07, 6.45) is 2.70. The number of thioether (sulfide) groups is 1. The Kier molecular flexibility index (Phi) is 4.52. The third-order valence-corrected chi connectivity index (χ3v) is 5.49. The molecule has 1 aliphatic rings. The zero-order chi connectivity index (χ0) is 12.3. The standard InChI is InChI=1S/C15H23NS/c1-11-5-4-6-13(9-11)10-17-15-8-7-14(16-3)12(15)2/h4-6,9,12,14-16H,7-8,10H2,1-3H3.